The van der Waals surface area contributed by atoms with Gasteiger partial charge in [-0.2, -0.15) is 9.61 Å². The van der Waals surface area contributed by atoms with Crippen LogP contribution in [0.25, 0.3) is 16.9 Å². The summed E-state index contributed by atoms with van der Waals surface area (Å²) in [7, 11) is 0. The van der Waals surface area contributed by atoms with Gasteiger partial charge < -0.3 is 20.8 Å². The van der Waals surface area contributed by atoms with Crippen LogP contribution in [0.3, 0.4) is 0 Å². The lowest BCUT2D eigenvalue weighted by atomic mass is 9.98. The van der Waals surface area contributed by atoms with Gasteiger partial charge in [-0.3, -0.25) is 9.78 Å². The van der Waals surface area contributed by atoms with Gasteiger partial charge >= 0.3 is 0 Å². The number of nitrogens with zero attached hydrogens (tertiary/aromatic N) is 4. The van der Waals surface area contributed by atoms with Crippen LogP contribution in [-0.4, -0.2) is 60.1 Å². The molecule has 0 radical (unpaired) electrons. The predicted octanol–water partition coefficient (Wildman–Crippen LogP) is 2.68. The van der Waals surface area contributed by atoms with Gasteiger partial charge in [0.1, 0.15) is 17.6 Å². The Bertz CT molecular complexity index is 1150. The van der Waals surface area contributed by atoms with Crippen molar-refractivity contribution >= 4 is 17.4 Å². The van der Waals surface area contributed by atoms with E-state index in [1.165, 1.54) is 24.6 Å². The molecule has 0 aliphatic carbocycles. The summed E-state index contributed by atoms with van der Waals surface area (Å²) in [5.41, 5.74) is -0.0539. The van der Waals surface area contributed by atoms with Crippen molar-refractivity contribution in [1.29, 1.82) is 0 Å². The van der Waals surface area contributed by atoms with Crippen LogP contribution in [0, 0.1) is 0 Å². The maximum atomic E-state index is 14.1. The summed E-state index contributed by atoms with van der Waals surface area (Å²) in [6.07, 6.45) is 3.01. The summed E-state index contributed by atoms with van der Waals surface area (Å²) in [5, 5.41) is 30.4. The van der Waals surface area contributed by atoms with E-state index in [1.807, 2.05) is 13.8 Å². The van der Waals surface area contributed by atoms with Gasteiger partial charge in [0, 0.05) is 41.8 Å². The van der Waals surface area contributed by atoms with Gasteiger partial charge in [-0.1, -0.05) is 0 Å². The number of anilines is 1. The third-order valence-electron chi connectivity index (χ3n) is 5.10. The first kappa shape index (κ1) is 24.5. The van der Waals surface area contributed by atoms with Gasteiger partial charge in [0.15, 0.2) is 5.65 Å². The molecule has 178 valence electrons. The second-order valence-electron chi connectivity index (χ2n) is 9.47. The zero-order valence-corrected chi connectivity index (χ0v) is 19.7. The first-order valence-electron chi connectivity index (χ1n) is 10.8. The van der Waals surface area contributed by atoms with Crippen molar-refractivity contribution < 1.29 is 19.4 Å². The highest BCUT2D eigenvalue weighted by Gasteiger charge is 2.28. The van der Waals surface area contributed by atoms with Crippen LogP contribution in [0.1, 0.15) is 57.5 Å². The van der Waals surface area contributed by atoms with Crippen LogP contribution in [0.2, 0.25) is 0 Å². The minimum atomic E-state index is -1.63. The molecule has 0 aliphatic heterocycles. The fourth-order valence-corrected chi connectivity index (χ4v) is 3.10. The highest BCUT2D eigenvalue weighted by Crippen LogP contribution is 2.27. The summed E-state index contributed by atoms with van der Waals surface area (Å²) >= 11 is 0. The molecule has 0 saturated carbocycles. The van der Waals surface area contributed by atoms with Crippen LogP contribution in [0.15, 0.2) is 30.7 Å². The standard InChI is InChI=1S/C23H31FN6O3/c1-13(2)28-20-16(21(31)27-12-18(24)23(5,6)33)11-26-19-8-17(29-30(19)20)14-7-15(10-25-9-14)22(3,4)32/h7-11,13,18,28,32-33H,12H2,1-6H3,(H,27,31)/t18-/m1/s1. The Morgan fingerprint density at radius 2 is 1.85 bits per heavy atom. The molecule has 1 amide bonds. The molecule has 0 aromatic carbocycles. The Hall–Kier alpha value is -3.11. The van der Waals surface area contributed by atoms with Crippen LogP contribution in [-0.2, 0) is 5.60 Å². The van der Waals surface area contributed by atoms with E-state index in [2.05, 4.69) is 25.7 Å². The van der Waals surface area contributed by atoms with Gasteiger partial charge in [-0.15, -0.1) is 0 Å². The number of aliphatic hydroxyl groups is 2. The zero-order chi connectivity index (χ0) is 24.6. The van der Waals surface area contributed by atoms with E-state index in [9.17, 15) is 19.4 Å². The molecule has 0 spiro atoms. The molecule has 0 saturated heterocycles. The minimum absolute atomic E-state index is 0.0275. The molecule has 0 unspecified atom stereocenters. The van der Waals surface area contributed by atoms with Crippen LogP contribution < -0.4 is 10.6 Å². The normalized spacial score (nSPS) is 13.4. The first-order valence-corrected chi connectivity index (χ1v) is 10.8. The number of alkyl halides is 1. The van der Waals surface area contributed by atoms with Gasteiger partial charge in [-0.05, 0) is 47.6 Å². The van der Waals surface area contributed by atoms with Crippen molar-refractivity contribution in [3.05, 3.63) is 41.9 Å². The lowest BCUT2D eigenvalue weighted by Crippen LogP contribution is -2.42. The number of aromatic nitrogens is 4. The fourth-order valence-electron chi connectivity index (χ4n) is 3.10. The van der Waals surface area contributed by atoms with Crippen LogP contribution in [0.4, 0.5) is 10.2 Å². The number of amides is 1. The second-order valence-corrected chi connectivity index (χ2v) is 9.47. The molecule has 0 bridgehead atoms. The number of hydrogen-bond donors (Lipinski definition) is 4. The third-order valence-corrected chi connectivity index (χ3v) is 5.10. The molecule has 3 heterocycles. The molecule has 3 aromatic heterocycles. The predicted molar refractivity (Wildman–Crippen MR) is 124 cm³/mol. The smallest absolute Gasteiger partial charge is 0.256 e. The summed E-state index contributed by atoms with van der Waals surface area (Å²) in [6.45, 7) is 9.53. The molecule has 9 nitrogen and oxygen atoms in total. The van der Waals surface area contributed by atoms with E-state index < -0.39 is 23.3 Å². The molecule has 1 atom stereocenters. The lowest BCUT2D eigenvalue weighted by Gasteiger charge is -2.22. The zero-order valence-electron chi connectivity index (χ0n) is 19.7. The van der Waals surface area contributed by atoms with Crippen molar-refractivity contribution in [2.24, 2.45) is 0 Å². The maximum Gasteiger partial charge on any atom is 0.256 e. The van der Waals surface area contributed by atoms with Gasteiger partial charge in [0.25, 0.3) is 5.91 Å². The summed E-state index contributed by atoms with van der Waals surface area (Å²) < 4.78 is 15.6. The molecule has 3 rings (SSSR count). The van der Waals surface area contributed by atoms with E-state index in [4.69, 9.17) is 0 Å². The lowest BCUT2D eigenvalue weighted by molar-refractivity contribution is -0.00178. The SMILES string of the molecule is CC(C)Nc1c(C(=O)NC[C@@H](F)C(C)(C)O)cnc2cc(-c3cncc(C(C)(C)O)c3)nn12. The van der Waals surface area contributed by atoms with Gasteiger partial charge in [0.05, 0.1) is 23.4 Å². The number of halogens is 1. The number of hydrogen-bond acceptors (Lipinski definition) is 7. The first-order chi connectivity index (χ1) is 15.3. The molecule has 3 aromatic rings. The quantitative estimate of drug-likeness (QED) is 0.409. The van der Waals surface area contributed by atoms with Crippen molar-refractivity contribution in [2.45, 2.75) is 65.0 Å². The number of rotatable bonds is 8. The molecule has 0 fully saturated rings. The molecule has 0 aliphatic rings. The van der Waals surface area contributed by atoms with Gasteiger partial charge in [-0.25, -0.2) is 9.37 Å². The van der Waals surface area contributed by atoms with Crippen molar-refractivity contribution in [1.82, 2.24) is 24.9 Å². The largest absolute Gasteiger partial charge is 0.387 e. The van der Waals surface area contributed by atoms with E-state index in [1.54, 1.807) is 38.4 Å². The summed E-state index contributed by atoms with van der Waals surface area (Å²) in [6, 6.07) is 3.53. The Morgan fingerprint density at radius 3 is 2.45 bits per heavy atom. The number of fused-ring (bicyclic) bond motifs is 1. The van der Waals surface area contributed by atoms with Gasteiger partial charge in [0.2, 0.25) is 0 Å². The molecule has 33 heavy (non-hydrogen) atoms. The van der Waals surface area contributed by atoms with Crippen LogP contribution in [0.5, 0.6) is 0 Å². The van der Waals surface area contributed by atoms with E-state index in [0.29, 0.717) is 28.3 Å². The topological polar surface area (TPSA) is 125 Å². The van der Waals surface area contributed by atoms with Crippen molar-refractivity contribution in [2.75, 3.05) is 11.9 Å². The number of carbonyl (C=O) groups excluding carboxylic acids is 1. The Labute approximate surface area is 192 Å². The summed E-state index contributed by atoms with van der Waals surface area (Å²) in [5.74, 6) is -0.133. The Kier molecular flexibility index (Phi) is 6.71. The Morgan fingerprint density at radius 1 is 1.15 bits per heavy atom. The second kappa shape index (κ2) is 9.03. The number of carbonyl (C=O) groups is 1. The fraction of sp³-hybridized carbons (Fsp3) is 0.478. The van der Waals surface area contributed by atoms with Crippen molar-refractivity contribution in [3.63, 3.8) is 0 Å². The average Bonchev–Trinajstić information content (AvgIpc) is 3.15. The molecular weight excluding hydrogens is 427 g/mol. The average molecular weight is 459 g/mol. The van der Waals surface area contributed by atoms with E-state index >= 15 is 0 Å². The number of pyridine rings is 1. The summed E-state index contributed by atoms with van der Waals surface area (Å²) in [4.78, 5) is 21.4. The molecule has 4 N–H and O–H groups in total. The monoisotopic (exact) mass is 458 g/mol. The molecule has 10 heteroatoms. The Balaban J connectivity index is 2.01. The number of nitrogens with one attached hydrogen (secondary N) is 2. The highest BCUT2D eigenvalue weighted by molar-refractivity contribution is 5.99. The van der Waals surface area contributed by atoms with Crippen molar-refractivity contribution in [3.8, 4) is 11.3 Å². The maximum absolute atomic E-state index is 14.1. The third kappa shape index (κ3) is 5.63. The minimum Gasteiger partial charge on any atom is -0.387 e. The highest BCUT2D eigenvalue weighted by atomic mass is 19.1. The molecular formula is C23H31FN6O3. The van der Waals surface area contributed by atoms with E-state index in [-0.39, 0.29) is 18.2 Å². The van der Waals surface area contributed by atoms with Crippen LogP contribution >= 0.6 is 0 Å². The van der Waals surface area contributed by atoms with E-state index in [0.717, 1.165) is 0 Å².